The molecule has 1 heterocycles. The Morgan fingerprint density at radius 2 is 1.84 bits per heavy atom. The third-order valence-electron chi connectivity index (χ3n) is 4.34. The molecular formula is C20H26N2O3. The molecule has 0 saturated carbocycles. The van der Waals surface area contributed by atoms with E-state index in [1.165, 1.54) is 12.7 Å². The summed E-state index contributed by atoms with van der Waals surface area (Å²) in [5.41, 5.74) is 4.33. The van der Waals surface area contributed by atoms with Crippen LogP contribution in [0.3, 0.4) is 0 Å². The van der Waals surface area contributed by atoms with Crippen LogP contribution in [0.4, 0.5) is 5.69 Å². The lowest BCUT2D eigenvalue weighted by Crippen LogP contribution is -2.27. The van der Waals surface area contributed by atoms with Gasteiger partial charge < -0.3 is 15.0 Å². The number of carbonyl (C=O) groups excluding carboxylic acids is 2. The Balaban J connectivity index is 2.16. The molecule has 0 aliphatic rings. The van der Waals surface area contributed by atoms with Gasteiger partial charge in [0.05, 0.1) is 24.4 Å². The van der Waals surface area contributed by atoms with Crippen LogP contribution in [-0.4, -0.2) is 29.9 Å². The van der Waals surface area contributed by atoms with Gasteiger partial charge in [-0.25, -0.2) is 4.79 Å². The van der Waals surface area contributed by atoms with Crippen LogP contribution in [0.25, 0.3) is 0 Å². The molecule has 0 fully saturated rings. The highest BCUT2D eigenvalue weighted by atomic mass is 16.5. The summed E-state index contributed by atoms with van der Waals surface area (Å²) in [4.78, 5) is 27.7. The second-order valence-electron chi connectivity index (χ2n) is 6.29. The number of H-pyrrole nitrogens is 1. The van der Waals surface area contributed by atoms with Crippen LogP contribution in [0.5, 0.6) is 0 Å². The molecule has 0 saturated heterocycles. The van der Waals surface area contributed by atoms with E-state index < -0.39 is 12.0 Å². The van der Waals surface area contributed by atoms with Crippen LogP contribution in [-0.2, 0) is 11.2 Å². The predicted molar refractivity (Wildman–Crippen MR) is 99.5 cm³/mol. The largest absolute Gasteiger partial charge is 0.465 e. The Kier molecular flexibility index (Phi) is 6.02. The van der Waals surface area contributed by atoms with E-state index >= 15 is 0 Å². The molecule has 2 aromatic rings. The minimum atomic E-state index is -0.433. The number of esters is 1. The number of benzene rings is 1. The number of hydrogen-bond donors (Lipinski definition) is 2. The number of nitrogens with one attached hydrogen (secondary N) is 2. The van der Waals surface area contributed by atoms with Gasteiger partial charge in [-0.2, -0.15) is 0 Å². The zero-order chi connectivity index (χ0) is 18.6. The molecule has 5 nitrogen and oxygen atoms in total. The number of aryl methyl sites for hydroxylation is 2. The molecule has 0 amide bonds. The maximum Gasteiger partial charge on any atom is 0.339 e. The number of ketones is 1. The van der Waals surface area contributed by atoms with Crippen LogP contribution < -0.4 is 5.32 Å². The summed E-state index contributed by atoms with van der Waals surface area (Å²) >= 11 is 0. The van der Waals surface area contributed by atoms with Gasteiger partial charge in [0.2, 0.25) is 5.78 Å². The van der Waals surface area contributed by atoms with E-state index in [2.05, 4.69) is 29.4 Å². The lowest BCUT2D eigenvalue weighted by Gasteiger charge is -2.14. The first-order valence-electron chi connectivity index (χ1n) is 8.56. The standard InChI is InChI=1S/C20H26N2O3/c1-6-7-15-8-10-16(11-9-15)21-14(4)19(23)18-12(2)17(13(3)22-18)20(24)25-5/h8-11,14,21-22H,6-7H2,1-5H3/t14-/m0/s1. The summed E-state index contributed by atoms with van der Waals surface area (Å²) in [5.74, 6) is -0.522. The number of rotatable bonds is 7. The van der Waals surface area contributed by atoms with Gasteiger partial charge in [-0.15, -0.1) is 0 Å². The van der Waals surface area contributed by atoms with Crippen molar-refractivity contribution in [3.8, 4) is 0 Å². The van der Waals surface area contributed by atoms with Crippen molar-refractivity contribution < 1.29 is 14.3 Å². The fourth-order valence-electron chi connectivity index (χ4n) is 2.99. The van der Waals surface area contributed by atoms with Gasteiger partial charge >= 0.3 is 5.97 Å². The van der Waals surface area contributed by atoms with Crippen LogP contribution in [0, 0.1) is 13.8 Å². The zero-order valence-corrected chi connectivity index (χ0v) is 15.5. The first-order chi connectivity index (χ1) is 11.9. The number of Topliss-reactive ketones (excluding diaryl/α,β-unsaturated/α-hetero) is 1. The van der Waals surface area contributed by atoms with Crippen LogP contribution >= 0.6 is 0 Å². The Bertz CT molecular complexity index is 760. The topological polar surface area (TPSA) is 71.2 Å². The Labute approximate surface area is 148 Å². The number of aromatic nitrogens is 1. The Morgan fingerprint density at radius 3 is 2.40 bits per heavy atom. The monoisotopic (exact) mass is 342 g/mol. The highest BCUT2D eigenvalue weighted by Crippen LogP contribution is 2.21. The summed E-state index contributed by atoms with van der Waals surface area (Å²) in [6.45, 7) is 7.49. The highest BCUT2D eigenvalue weighted by molar-refractivity contribution is 6.04. The fourth-order valence-corrected chi connectivity index (χ4v) is 2.99. The van der Waals surface area contributed by atoms with Gasteiger partial charge in [-0.3, -0.25) is 4.79 Å². The van der Waals surface area contributed by atoms with Crippen LogP contribution in [0.15, 0.2) is 24.3 Å². The van der Waals surface area contributed by atoms with Gasteiger partial charge in [0.25, 0.3) is 0 Å². The molecule has 2 rings (SSSR count). The number of ether oxygens (including phenoxy) is 1. The molecule has 2 N–H and O–H groups in total. The first-order valence-corrected chi connectivity index (χ1v) is 8.56. The van der Waals surface area contributed by atoms with Gasteiger partial charge in [0.1, 0.15) is 0 Å². The second kappa shape index (κ2) is 8.01. The van der Waals surface area contributed by atoms with Crippen molar-refractivity contribution in [2.45, 2.75) is 46.6 Å². The van der Waals surface area contributed by atoms with E-state index in [9.17, 15) is 9.59 Å². The number of aromatic amines is 1. The van der Waals surface area contributed by atoms with E-state index in [1.54, 1.807) is 13.8 Å². The SMILES string of the molecule is CCCc1ccc(N[C@@H](C)C(=O)c2[nH]c(C)c(C(=O)OC)c2C)cc1. The molecule has 0 aliphatic carbocycles. The molecule has 0 aliphatic heterocycles. The van der Waals surface area contributed by atoms with Crippen molar-refractivity contribution in [3.63, 3.8) is 0 Å². The van der Waals surface area contributed by atoms with Crippen molar-refractivity contribution in [1.82, 2.24) is 4.98 Å². The molecule has 0 radical (unpaired) electrons. The number of anilines is 1. The predicted octanol–water partition coefficient (Wildman–Crippen LogP) is 4.05. The molecular weight excluding hydrogens is 316 g/mol. The first kappa shape index (κ1) is 18.8. The highest BCUT2D eigenvalue weighted by Gasteiger charge is 2.25. The average molecular weight is 342 g/mol. The lowest BCUT2D eigenvalue weighted by molar-refractivity contribution is 0.0599. The fraction of sp³-hybridized carbons (Fsp3) is 0.400. The summed E-state index contributed by atoms with van der Waals surface area (Å²) in [6.07, 6.45) is 2.15. The quantitative estimate of drug-likeness (QED) is 0.588. The summed E-state index contributed by atoms with van der Waals surface area (Å²) in [6, 6.07) is 7.70. The molecule has 1 aromatic heterocycles. The molecule has 25 heavy (non-hydrogen) atoms. The van der Waals surface area contributed by atoms with E-state index in [-0.39, 0.29) is 5.78 Å². The summed E-state index contributed by atoms with van der Waals surface area (Å²) in [7, 11) is 1.34. The van der Waals surface area contributed by atoms with Gasteiger partial charge in [0, 0.05) is 11.4 Å². The number of hydrogen-bond acceptors (Lipinski definition) is 4. The van der Waals surface area contributed by atoms with Crippen molar-refractivity contribution in [3.05, 3.63) is 52.3 Å². The van der Waals surface area contributed by atoms with Gasteiger partial charge in [0.15, 0.2) is 0 Å². The van der Waals surface area contributed by atoms with E-state index in [0.717, 1.165) is 18.5 Å². The molecule has 0 unspecified atom stereocenters. The molecule has 1 atom stereocenters. The summed E-state index contributed by atoms with van der Waals surface area (Å²) < 4.78 is 4.79. The number of methoxy groups -OCH3 is 1. The van der Waals surface area contributed by atoms with Crippen molar-refractivity contribution >= 4 is 17.4 Å². The van der Waals surface area contributed by atoms with Gasteiger partial charge in [-0.05, 0) is 50.5 Å². The minimum Gasteiger partial charge on any atom is -0.465 e. The lowest BCUT2D eigenvalue weighted by atomic mass is 10.0. The Morgan fingerprint density at radius 1 is 1.20 bits per heavy atom. The molecule has 1 aromatic carbocycles. The third-order valence-corrected chi connectivity index (χ3v) is 4.34. The molecule has 0 spiro atoms. The van der Waals surface area contributed by atoms with E-state index in [4.69, 9.17) is 4.74 Å². The maximum absolute atomic E-state index is 12.8. The smallest absolute Gasteiger partial charge is 0.339 e. The third kappa shape index (κ3) is 4.10. The minimum absolute atomic E-state index is 0.0895. The Hall–Kier alpha value is -2.56. The summed E-state index contributed by atoms with van der Waals surface area (Å²) in [5, 5.41) is 3.22. The normalized spacial score (nSPS) is 11.9. The molecule has 5 heteroatoms. The average Bonchev–Trinajstić information content (AvgIpc) is 2.90. The molecule has 134 valence electrons. The van der Waals surface area contributed by atoms with E-state index in [0.29, 0.717) is 22.5 Å². The second-order valence-corrected chi connectivity index (χ2v) is 6.29. The number of carbonyl (C=O) groups is 2. The van der Waals surface area contributed by atoms with Gasteiger partial charge in [-0.1, -0.05) is 25.5 Å². The van der Waals surface area contributed by atoms with Crippen molar-refractivity contribution in [2.75, 3.05) is 12.4 Å². The maximum atomic E-state index is 12.8. The zero-order valence-electron chi connectivity index (χ0n) is 15.5. The molecule has 0 bridgehead atoms. The van der Waals surface area contributed by atoms with Crippen LogP contribution in [0.2, 0.25) is 0 Å². The van der Waals surface area contributed by atoms with Crippen molar-refractivity contribution in [1.29, 1.82) is 0 Å². The van der Waals surface area contributed by atoms with Crippen molar-refractivity contribution in [2.24, 2.45) is 0 Å². The van der Waals surface area contributed by atoms with Crippen LogP contribution in [0.1, 0.15) is 57.9 Å². The van der Waals surface area contributed by atoms with E-state index in [1.807, 2.05) is 19.1 Å².